The summed E-state index contributed by atoms with van der Waals surface area (Å²) in [6, 6.07) is 10.8. The van der Waals surface area contributed by atoms with Crippen molar-refractivity contribution in [3.05, 3.63) is 58.9 Å². The van der Waals surface area contributed by atoms with E-state index in [1.807, 2.05) is 29.8 Å². The lowest BCUT2D eigenvalue weighted by Gasteiger charge is -2.17. The minimum atomic E-state index is -3.63. The summed E-state index contributed by atoms with van der Waals surface area (Å²) in [6.07, 6.45) is 3.03. The third-order valence-electron chi connectivity index (χ3n) is 5.77. The predicted molar refractivity (Wildman–Crippen MR) is 116 cm³/mol. The summed E-state index contributed by atoms with van der Waals surface area (Å²) in [4.78, 5) is 18.7. The van der Waals surface area contributed by atoms with E-state index in [2.05, 4.69) is 4.98 Å². The molecule has 0 spiro atoms. The minimum Gasteiger partial charge on any atom is -0.345 e. The molecule has 158 valence electrons. The van der Waals surface area contributed by atoms with E-state index in [0.717, 1.165) is 30.3 Å². The summed E-state index contributed by atoms with van der Waals surface area (Å²) in [6.45, 7) is 0.140. The molecule has 1 aliphatic carbocycles. The van der Waals surface area contributed by atoms with E-state index in [9.17, 15) is 13.2 Å². The quantitative estimate of drug-likeness (QED) is 0.628. The van der Waals surface area contributed by atoms with Crippen molar-refractivity contribution in [3.63, 3.8) is 0 Å². The van der Waals surface area contributed by atoms with Gasteiger partial charge < -0.3 is 9.47 Å². The molecule has 1 heterocycles. The van der Waals surface area contributed by atoms with Crippen LogP contribution in [0, 0.1) is 0 Å². The molecule has 30 heavy (non-hydrogen) atoms. The summed E-state index contributed by atoms with van der Waals surface area (Å²) < 4.78 is 29.4. The first kappa shape index (κ1) is 20.6. The van der Waals surface area contributed by atoms with Crippen molar-refractivity contribution in [2.75, 3.05) is 21.1 Å². The van der Waals surface area contributed by atoms with E-state index < -0.39 is 10.0 Å². The average molecular weight is 427 g/mol. The highest BCUT2D eigenvalue weighted by Crippen LogP contribution is 2.27. The van der Waals surface area contributed by atoms with Crippen LogP contribution < -0.4 is 0 Å². The second-order valence-electron chi connectivity index (χ2n) is 8.04. The second-order valence-corrected chi connectivity index (χ2v) is 10.1. The van der Waals surface area contributed by atoms with Crippen molar-refractivity contribution >= 4 is 27.0 Å². The number of aromatic nitrogens is 2. The van der Waals surface area contributed by atoms with Gasteiger partial charge in [-0.15, -0.1) is 0 Å². The smallest absolute Gasteiger partial charge is 0.253 e. The Hall–Kier alpha value is -2.71. The summed E-state index contributed by atoms with van der Waals surface area (Å²) in [5, 5.41) is 0. The van der Waals surface area contributed by atoms with E-state index in [4.69, 9.17) is 0 Å². The monoisotopic (exact) mass is 426 g/mol. The topological polar surface area (TPSA) is 75.5 Å². The number of hydrogen-bond acceptors (Lipinski definition) is 4. The highest BCUT2D eigenvalue weighted by molar-refractivity contribution is 7.89. The maximum Gasteiger partial charge on any atom is 0.253 e. The Morgan fingerprint density at radius 2 is 1.80 bits per heavy atom. The summed E-state index contributed by atoms with van der Waals surface area (Å²) in [7, 11) is 3.21. The molecule has 1 amide bonds. The Labute approximate surface area is 177 Å². The standard InChI is InChI=1S/C22H26N4O3S/c1-24(2)22(27)17-9-11-20-19(13-17)23-21(26(20)4)14-25(3)30(28,29)18-10-8-15-6-5-7-16(15)12-18/h8-13H,5-7,14H2,1-4H3. The number of amides is 1. The van der Waals surface area contributed by atoms with Crippen LogP contribution in [0.25, 0.3) is 11.0 Å². The van der Waals surface area contributed by atoms with E-state index in [-0.39, 0.29) is 12.5 Å². The Balaban J connectivity index is 1.63. The molecule has 3 aromatic rings. The molecule has 0 bridgehead atoms. The zero-order valence-electron chi connectivity index (χ0n) is 17.7. The van der Waals surface area contributed by atoms with Crippen molar-refractivity contribution in [2.45, 2.75) is 30.7 Å². The number of carbonyl (C=O) groups is 1. The maximum absolute atomic E-state index is 13.1. The van der Waals surface area contributed by atoms with Crippen LogP contribution in [0.5, 0.6) is 0 Å². The Kier molecular flexibility index (Phi) is 5.15. The number of carbonyl (C=O) groups excluding carboxylic acids is 1. The Morgan fingerprint density at radius 1 is 1.07 bits per heavy atom. The molecular formula is C22H26N4O3S. The van der Waals surface area contributed by atoms with Gasteiger partial charge in [-0.2, -0.15) is 4.31 Å². The van der Waals surface area contributed by atoms with Crippen LogP contribution in [0.1, 0.15) is 33.7 Å². The predicted octanol–water partition coefficient (Wildman–Crippen LogP) is 2.58. The molecule has 0 unspecified atom stereocenters. The van der Waals surface area contributed by atoms with Crippen LogP contribution in [0.3, 0.4) is 0 Å². The van der Waals surface area contributed by atoms with E-state index in [1.54, 1.807) is 39.3 Å². The second kappa shape index (κ2) is 7.52. The SMILES string of the molecule is CN(C)C(=O)c1ccc2c(c1)nc(CN(C)S(=O)(=O)c1ccc3c(c1)CCC3)n2C. The zero-order valence-corrected chi connectivity index (χ0v) is 18.5. The third-order valence-corrected chi connectivity index (χ3v) is 7.57. The zero-order chi connectivity index (χ0) is 21.6. The normalized spacial score (nSPS) is 13.8. The number of imidazole rings is 1. The molecule has 2 aromatic carbocycles. The van der Waals surface area contributed by atoms with Gasteiger partial charge in [0, 0.05) is 33.8 Å². The third kappa shape index (κ3) is 3.50. The minimum absolute atomic E-state index is 0.0968. The van der Waals surface area contributed by atoms with Crippen molar-refractivity contribution in [1.29, 1.82) is 0 Å². The van der Waals surface area contributed by atoms with Crippen molar-refractivity contribution in [1.82, 2.24) is 18.8 Å². The molecular weight excluding hydrogens is 400 g/mol. The molecule has 0 aliphatic heterocycles. The molecule has 1 aromatic heterocycles. The number of benzene rings is 2. The van der Waals surface area contributed by atoms with Crippen LogP contribution in [0.2, 0.25) is 0 Å². The highest BCUT2D eigenvalue weighted by atomic mass is 32.2. The lowest BCUT2D eigenvalue weighted by atomic mass is 10.1. The Morgan fingerprint density at radius 3 is 2.53 bits per heavy atom. The first-order valence-corrected chi connectivity index (χ1v) is 11.4. The van der Waals surface area contributed by atoms with Gasteiger partial charge in [-0.25, -0.2) is 13.4 Å². The van der Waals surface area contributed by atoms with E-state index in [1.165, 1.54) is 14.8 Å². The van der Waals surface area contributed by atoms with Gasteiger partial charge in [-0.1, -0.05) is 6.07 Å². The molecule has 4 rings (SSSR count). The van der Waals surface area contributed by atoms with Gasteiger partial charge in [0.05, 0.1) is 22.5 Å². The van der Waals surface area contributed by atoms with Gasteiger partial charge in [-0.05, 0) is 60.7 Å². The van der Waals surface area contributed by atoms with Gasteiger partial charge in [0.25, 0.3) is 5.91 Å². The summed E-state index contributed by atoms with van der Waals surface area (Å²) in [5.41, 5.74) is 4.45. The van der Waals surface area contributed by atoms with Crippen LogP contribution in [-0.4, -0.2) is 54.2 Å². The average Bonchev–Trinajstić information content (AvgIpc) is 3.31. The fourth-order valence-corrected chi connectivity index (χ4v) is 5.13. The fraction of sp³-hybridized carbons (Fsp3) is 0.364. The summed E-state index contributed by atoms with van der Waals surface area (Å²) >= 11 is 0. The van der Waals surface area contributed by atoms with Gasteiger partial charge >= 0.3 is 0 Å². The lowest BCUT2D eigenvalue weighted by Crippen LogP contribution is -2.27. The number of aryl methyl sites for hydroxylation is 3. The van der Waals surface area contributed by atoms with Crippen LogP contribution in [-0.2, 0) is 36.5 Å². The van der Waals surface area contributed by atoms with Crippen molar-refractivity contribution in [3.8, 4) is 0 Å². The van der Waals surface area contributed by atoms with E-state index in [0.29, 0.717) is 21.8 Å². The molecule has 0 N–H and O–H groups in total. The number of nitrogens with zero attached hydrogens (tertiary/aromatic N) is 4. The van der Waals surface area contributed by atoms with Crippen molar-refractivity contribution < 1.29 is 13.2 Å². The molecule has 1 aliphatic rings. The van der Waals surface area contributed by atoms with Gasteiger partial charge in [0.1, 0.15) is 5.82 Å². The first-order valence-electron chi connectivity index (χ1n) is 9.93. The lowest BCUT2D eigenvalue weighted by molar-refractivity contribution is 0.0827. The molecule has 0 atom stereocenters. The first-order chi connectivity index (χ1) is 14.2. The summed E-state index contributed by atoms with van der Waals surface area (Å²) in [5.74, 6) is 0.520. The highest BCUT2D eigenvalue weighted by Gasteiger charge is 2.25. The number of hydrogen-bond donors (Lipinski definition) is 0. The maximum atomic E-state index is 13.1. The largest absolute Gasteiger partial charge is 0.345 e. The molecule has 0 saturated heterocycles. The van der Waals surface area contributed by atoms with Gasteiger partial charge in [-0.3, -0.25) is 4.79 Å². The fourth-order valence-electron chi connectivity index (χ4n) is 3.96. The number of sulfonamides is 1. The Bertz CT molecular complexity index is 1240. The van der Waals surface area contributed by atoms with Crippen LogP contribution in [0.4, 0.5) is 0 Å². The van der Waals surface area contributed by atoms with Crippen molar-refractivity contribution in [2.24, 2.45) is 7.05 Å². The van der Waals surface area contributed by atoms with Crippen LogP contribution in [0.15, 0.2) is 41.3 Å². The van der Waals surface area contributed by atoms with Crippen LogP contribution >= 0.6 is 0 Å². The molecule has 0 fully saturated rings. The molecule has 0 saturated carbocycles. The van der Waals surface area contributed by atoms with E-state index >= 15 is 0 Å². The molecule has 7 nitrogen and oxygen atoms in total. The van der Waals surface area contributed by atoms with Gasteiger partial charge in [0.15, 0.2) is 0 Å². The number of fused-ring (bicyclic) bond motifs is 2. The molecule has 8 heteroatoms. The van der Waals surface area contributed by atoms with Gasteiger partial charge in [0.2, 0.25) is 10.0 Å². The number of rotatable bonds is 5. The molecule has 0 radical (unpaired) electrons.